The summed E-state index contributed by atoms with van der Waals surface area (Å²) in [6.07, 6.45) is 0. The Hall–Kier alpha value is -3.40. The molecule has 28 heavy (non-hydrogen) atoms. The van der Waals surface area contributed by atoms with Gasteiger partial charge in [0.05, 0.1) is 12.5 Å². The van der Waals surface area contributed by atoms with Crippen molar-refractivity contribution in [3.8, 4) is 5.75 Å². The number of amides is 1. The molecule has 0 aliphatic heterocycles. The predicted molar refractivity (Wildman–Crippen MR) is 111 cm³/mol. The maximum absolute atomic E-state index is 12.7. The van der Waals surface area contributed by atoms with Crippen LogP contribution in [-0.4, -0.2) is 18.3 Å². The highest BCUT2D eigenvalue weighted by Crippen LogP contribution is 2.22. The molecule has 1 N–H and O–H groups in total. The number of nitrogens with one attached hydrogen (secondary N) is 1. The van der Waals surface area contributed by atoms with Gasteiger partial charge in [-0.2, -0.15) is 0 Å². The molecule has 0 aliphatic carbocycles. The van der Waals surface area contributed by atoms with Crippen LogP contribution in [0.3, 0.4) is 0 Å². The molecule has 0 fully saturated rings. The molecule has 3 aromatic carbocycles. The van der Waals surface area contributed by atoms with Crippen molar-refractivity contribution in [3.05, 3.63) is 95.6 Å². The third-order valence-electron chi connectivity index (χ3n) is 4.51. The molecular weight excluding hydrogens is 350 g/mol. The lowest BCUT2D eigenvalue weighted by molar-refractivity contribution is -0.117. The average Bonchev–Trinajstić information content (AvgIpc) is 2.75. The Morgan fingerprint density at radius 2 is 1.57 bits per heavy atom. The van der Waals surface area contributed by atoms with E-state index < -0.39 is 5.92 Å². The molecule has 0 saturated carbocycles. The molecular formula is C24H23NO3. The zero-order valence-electron chi connectivity index (χ0n) is 16.0. The number of hydrogen-bond donors (Lipinski definition) is 1. The van der Waals surface area contributed by atoms with Gasteiger partial charge in [-0.05, 0) is 49.7 Å². The van der Waals surface area contributed by atoms with Gasteiger partial charge in [0.15, 0.2) is 5.78 Å². The van der Waals surface area contributed by atoms with Gasteiger partial charge in [-0.3, -0.25) is 9.59 Å². The molecule has 3 rings (SSSR count). The van der Waals surface area contributed by atoms with E-state index in [0.29, 0.717) is 23.4 Å². The first-order valence-corrected chi connectivity index (χ1v) is 9.32. The highest BCUT2D eigenvalue weighted by Gasteiger charge is 2.17. The summed E-state index contributed by atoms with van der Waals surface area (Å²) in [6.45, 7) is 4.35. The van der Waals surface area contributed by atoms with Crippen LogP contribution >= 0.6 is 0 Å². The van der Waals surface area contributed by atoms with Crippen molar-refractivity contribution in [1.82, 2.24) is 0 Å². The number of hydrogen-bond acceptors (Lipinski definition) is 3. The van der Waals surface area contributed by atoms with Crippen LogP contribution in [-0.2, 0) is 4.79 Å². The summed E-state index contributed by atoms with van der Waals surface area (Å²) < 4.78 is 5.41. The summed E-state index contributed by atoms with van der Waals surface area (Å²) >= 11 is 0. The van der Waals surface area contributed by atoms with Crippen LogP contribution < -0.4 is 10.1 Å². The fourth-order valence-corrected chi connectivity index (χ4v) is 2.91. The Morgan fingerprint density at radius 3 is 2.25 bits per heavy atom. The van der Waals surface area contributed by atoms with E-state index in [1.165, 1.54) is 0 Å². The second-order valence-corrected chi connectivity index (χ2v) is 6.49. The van der Waals surface area contributed by atoms with E-state index in [9.17, 15) is 9.59 Å². The predicted octanol–water partition coefficient (Wildman–Crippen LogP) is 5.06. The Morgan fingerprint density at radius 1 is 0.893 bits per heavy atom. The van der Waals surface area contributed by atoms with Gasteiger partial charge in [0, 0.05) is 16.8 Å². The number of carbonyl (C=O) groups is 2. The van der Waals surface area contributed by atoms with E-state index in [2.05, 4.69) is 5.32 Å². The molecule has 0 bridgehead atoms. The van der Waals surface area contributed by atoms with Crippen molar-refractivity contribution in [3.63, 3.8) is 0 Å². The van der Waals surface area contributed by atoms with E-state index in [4.69, 9.17) is 4.74 Å². The van der Waals surface area contributed by atoms with Crippen LogP contribution in [0.15, 0.2) is 78.9 Å². The van der Waals surface area contributed by atoms with Crippen molar-refractivity contribution >= 4 is 17.4 Å². The second-order valence-electron chi connectivity index (χ2n) is 6.49. The van der Waals surface area contributed by atoms with E-state index in [1.54, 1.807) is 24.3 Å². The van der Waals surface area contributed by atoms with Crippen LogP contribution in [0.1, 0.15) is 41.3 Å². The molecule has 0 aliphatic rings. The maximum atomic E-state index is 12.7. The Balaban J connectivity index is 1.72. The van der Waals surface area contributed by atoms with Gasteiger partial charge >= 0.3 is 0 Å². The number of ketones is 1. The van der Waals surface area contributed by atoms with Crippen LogP contribution in [0.5, 0.6) is 5.75 Å². The van der Waals surface area contributed by atoms with Gasteiger partial charge in [-0.15, -0.1) is 0 Å². The second kappa shape index (κ2) is 9.00. The first-order valence-electron chi connectivity index (χ1n) is 9.32. The molecule has 0 heterocycles. The van der Waals surface area contributed by atoms with Gasteiger partial charge in [0.2, 0.25) is 5.91 Å². The van der Waals surface area contributed by atoms with Gasteiger partial charge in [0.1, 0.15) is 5.75 Å². The number of anilines is 1. The highest BCUT2D eigenvalue weighted by atomic mass is 16.5. The SMILES string of the molecule is CCOc1ccc(NC(=O)[C@H](C)c2cccc(C(=O)c3ccccc3)c2)cc1. The quantitative estimate of drug-likeness (QED) is 0.589. The summed E-state index contributed by atoms with van der Waals surface area (Å²) in [5, 5.41) is 2.91. The topological polar surface area (TPSA) is 55.4 Å². The number of carbonyl (C=O) groups excluding carboxylic acids is 2. The molecule has 0 radical (unpaired) electrons. The molecule has 3 aromatic rings. The molecule has 1 amide bonds. The lowest BCUT2D eigenvalue weighted by Crippen LogP contribution is -2.19. The van der Waals surface area contributed by atoms with Crippen molar-refractivity contribution in [1.29, 1.82) is 0 Å². The highest BCUT2D eigenvalue weighted by molar-refractivity contribution is 6.09. The summed E-state index contributed by atoms with van der Waals surface area (Å²) in [6, 6.07) is 23.6. The van der Waals surface area contributed by atoms with E-state index in [1.807, 2.05) is 68.4 Å². The zero-order chi connectivity index (χ0) is 19.9. The van der Waals surface area contributed by atoms with Crippen LogP contribution in [0.25, 0.3) is 0 Å². The Labute approximate surface area is 165 Å². The summed E-state index contributed by atoms with van der Waals surface area (Å²) in [5.41, 5.74) is 2.71. The molecule has 0 aromatic heterocycles. The van der Waals surface area contributed by atoms with Gasteiger partial charge < -0.3 is 10.1 Å². The van der Waals surface area contributed by atoms with Crippen LogP contribution in [0.4, 0.5) is 5.69 Å². The third-order valence-corrected chi connectivity index (χ3v) is 4.51. The first kappa shape index (κ1) is 19.4. The normalized spacial score (nSPS) is 11.5. The smallest absolute Gasteiger partial charge is 0.231 e. The Kier molecular flexibility index (Phi) is 6.22. The van der Waals surface area contributed by atoms with Crippen molar-refractivity contribution in [2.45, 2.75) is 19.8 Å². The van der Waals surface area contributed by atoms with Gasteiger partial charge in [0.25, 0.3) is 0 Å². The fraction of sp³-hybridized carbons (Fsp3) is 0.167. The minimum Gasteiger partial charge on any atom is -0.494 e. The first-order chi connectivity index (χ1) is 13.6. The lowest BCUT2D eigenvalue weighted by atomic mass is 9.95. The molecule has 0 spiro atoms. The van der Waals surface area contributed by atoms with Gasteiger partial charge in [-0.1, -0.05) is 48.5 Å². The average molecular weight is 373 g/mol. The van der Waals surface area contributed by atoms with E-state index >= 15 is 0 Å². The third kappa shape index (κ3) is 4.65. The van der Waals surface area contributed by atoms with Gasteiger partial charge in [-0.25, -0.2) is 0 Å². The molecule has 0 unspecified atom stereocenters. The standard InChI is InChI=1S/C24H23NO3/c1-3-28-22-14-12-21(13-15-22)25-24(27)17(2)19-10-7-11-20(16-19)23(26)18-8-5-4-6-9-18/h4-17H,3H2,1-2H3,(H,25,27)/t17-/m1/s1. The fourth-order valence-electron chi connectivity index (χ4n) is 2.91. The number of ether oxygens (including phenoxy) is 1. The van der Waals surface area contributed by atoms with Crippen molar-refractivity contribution in [2.75, 3.05) is 11.9 Å². The minimum atomic E-state index is -0.393. The molecule has 0 saturated heterocycles. The number of rotatable bonds is 7. The summed E-state index contributed by atoms with van der Waals surface area (Å²) in [7, 11) is 0. The zero-order valence-corrected chi connectivity index (χ0v) is 16.0. The van der Waals surface area contributed by atoms with E-state index in [0.717, 1.165) is 11.3 Å². The summed E-state index contributed by atoms with van der Waals surface area (Å²) in [5.74, 6) is 0.186. The minimum absolute atomic E-state index is 0.0541. The largest absolute Gasteiger partial charge is 0.494 e. The van der Waals surface area contributed by atoms with Crippen molar-refractivity contribution in [2.24, 2.45) is 0 Å². The Bertz CT molecular complexity index is 949. The van der Waals surface area contributed by atoms with Crippen LogP contribution in [0.2, 0.25) is 0 Å². The van der Waals surface area contributed by atoms with E-state index in [-0.39, 0.29) is 11.7 Å². The van der Waals surface area contributed by atoms with Crippen molar-refractivity contribution < 1.29 is 14.3 Å². The lowest BCUT2D eigenvalue weighted by Gasteiger charge is -2.14. The monoisotopic (exact) mass is 373 g/mol. The summed E-state index contributed by atoms with van der Waals surface area (Å²) in [4.78, 5) is 25.3. The van der Waals surface area contributed by atoms with Crippen LogP contribution in [0, 0.1) is 0 Å². The number of benzene rings is 3. The molecule has 1 atom stereocenters. The molecule has 4 nitrogen and oxygen atoms in total. The molecule has 4 heteroatoms. The maximum Gasteiger partial charge on any atom is 0.231 e. The molecule has 142 valence electrons.